The van der Waals surface area contributed by atoms with Gasteiger partial charge in [0.25, 0.3) is 0 Å². The van der Waals surface area contributed by atoms with Crippen LogP contribution in [0.3, 0.4) is 0 Å². The summed E-state index contributed by atoms with van der Waals surface area (Å²) < 4.78 is 1.09. The number of aromatic nitrogens is 4. The zero-order valence-electron chi connectivity index (χ0n) is 11.5. The second kappa shape index (κ2) is 5.26. The molecule has 3 aromatic rings. The second-order valence-corrected chi connectivity index (χ2v) is 4.57. The van der Waals surface area contributed by atoms with E-state index in [4.69, 9.17) is 10.8 Å². The number of fused-ring (bicyclic) bond motifs is 1. The summed E-state index contributed by atoms with van der Waals surface area (Å²) in [6.45, 7) is 0. The molecule has 3 rings (SSSR count). The average Bonchev–Trinajstić information content (AvgIpc) is 3.10. The molecule has 0 saturated carbocycles. The van der Waals surface area contributed by atoms with Gasteiger partial charge in [-0.15, -0.1) is 0 Å². The molecule has 0 aliphatic rings. The summed E-state index contributed by atoms with van der Waals surface area (Å²) in [5.74, 6) is -3.47. The predicted molar refractivity (Wildman–Crippen MR) is 77.8 cm³/mol. The molecule has 10 heteroatoms. The van der Waals surface area contributed by atoms with Gasteiger partial charge in [0, 0.05) is 17.8 Å². The molecule has 3 heterocycles. The number of hydrogen-bond acceptors (Lipinski definition) is 5. The fraction of sp³-hybridized carbons (Fsp3) is 0. The lowest BCUT2D eigenvalue weighted by Gasteiger charge is -2.08. The van der Waals surface area contributed by atoms with Crippen LogP contribution in [0, 0.1) is 0 Å². The standard InChI is InChI=1S/C13H10N6O4/c14-10(20)12(21)18-19-5-6(13(22)23)4-8(19)9-7-2-1-3-15-11(7)17-16-9/h1-5H,(H2,14,20)(H,18,21)(H,22,23)(H,15,16,17). The molecule has 0 aromatic carbocycles. The summed E-state index contributed by atoms with van der Waals surface area (Å²) in [6.07, 6.45) is 2.71. The molecule has 0 spiro atoms. The van der Waals surface area contributed by atoms with Gasteiger partial charge >= 0.3 is 17.8 Å². The number of primary amides is 1. The molecule has 23 heavy (non-hydrogen) atoms. The van der Waals surface area contributed by atoms with Crippen molar-refractivity contribution in [2.45, 2.75) is 0 Å². The number of carboxylic acids is 1. The summed E-state index contributed by atoms with van der Waals surface area (Å²) in [5, 5.41) is 16.5. The van der Waals surface area contributed by atoms with Crippen molar-refractivity contribution in [1.29, 1.82) is 0 Å². The van der Waals surface area contributed by atoms with Crippen LogP contribution in [0.5, 0.6) is 0 Å². The molecule has 2 amide bonds. The third-order valence-corrected chi connectivity index (χ3v) is 3.10. The summed E-state index contributed by atoms with van der Waals surface area (Å²) in [4.78, 5) is 37.6. The largest absolute Gasteiger partial charge is 0.478 e. The van der Waals surface area contributed by atoms with E-state index in [2.05, 4.69) is 20.6 Å². The SMILES string of the molecule is NC(=O)C(=O)Nn1cc(C(=O)O)cc1-c1[nH]nc2ncccc12. The Bertz CT molecular complexity index is 941. The van der Waals surface area contributed by atoms with Gasteiger partial charge in [-0.2, -0.15) is 5.10 Å². The Labute approximate surface area is 127 Å². The fourth-order valence-electron chi connectivity index (χ4n) is 2.07. The van der Waals surface area contributed by atoms with Gasteiger partial charge < -0.3 is 10.8 Å². The van der Waals surface area contributed by atoms with Gasteiger partial charge in [-0.3, -0.25) is 24.8 Å². The van der Waals surface area contributed by atoms with Gasteiger partial charge in [0.1, 0.15) is 0 Å². The molecule has 0 atom stereocenters. The number of aromatic carboxylic acids is 1. The number of rotatable bonds is 3. The highest BCUT2D eigenvalue weighted by Gasteiger charge is 2.19. The first kappa shape index (κ1) is 14.3. The number of nitrogens with two attached hydrogens (primary N) is 1. The van der Waals surface area contributed by atoms with Gasteiger partial charge in [0.15, 0.2) is 5.65 Å². The van der Waals surface area contributed by atoms with E-state index in [1.165, 1.54) is 6.07 Å². The van der Waals surface area contributed by atoms with Gasteiger partial charge in [0.05, 0.1) is 17.0 Å². The predicted octanol–water partition coefficient (Wildman–Crippen LogP) is -0.320. The van der Waals surface area contributed by atoms with Crippen LogP contribution in [0.2, 0.25) is 0 Å². The van der Waals surface area contributed by atoms with E-state index >= 15 is 0 Å². The summed E-state index contributed by atoms with van der Waals surface area (Å²) in [7, 11) is 0. The lowest BCUT2D eigenvalue weighted by molar-refractivity contribution is -0.134. The normalized spacial score (nSPS) is 10.6. The fourth-order valence-corrected chi connectivity index (χ4v) is 2.07. The lowest BCUT2D eigenvalue weighted by Crippen LogP contribution is -2.34. The average molecular weight is 314 g/mol. The van der Waals surface area contributed by atoms with Crippen molar-refractivity contribution in [3.8, 4) is 11.4 Å². The number of carboxylic acid groups (broad SMARTS) is 1. The first-order valence-electron chi connectivity index (χ1n) is 6.33. The third kappa shape index (κ3) is 2.48. The number of H-pyrrole nitrogens is 1. The van der Waals surface area contributed by atoms with Crippen LogP contribution in [0.4, 0.5) is 0 Å². The molecular formula is C13H10N6O4. The number of hydrogen-bond donors (Lipinski definition) is 4. The van der Waals surface area contributed by atoms with Crippen LogP contribution in [-0.4, -0.2) is 42.7 Å². The van der Waals surface area contributed by atoms with Crippen LogP contribution in [0.1, 0.15) is 10.4 Å². The number of carbonyl (C=O) groups is 3. The molecule has 0 fully saturated rings. The molecule has 0 saturated heterocycles. The monoisotopic (exact) mass is 314 g/mol. The molecule has 3 aromatic heterocycles. The Balaban J connectivity index is 2.15. The second-order valence-electron chi connectivity index (χ2n) is 4.57. The Morgan fingerprint density at radius 2 is 2.13 bits per heavy atom. The van der Waals surface area contributed by atoms with E-state index in [-0.39, 0.29) is 11.3 Å². The van der Waals surface area contributed by atoms with Crippen molar-refractivity contribution in [3.05, 3.63) is 36.2 Å². The molecular weight excluding hydrogens is 304 g/mol. The number of nitrogens with one attached hydrogen (secondary N) is 2. The number of nitrogens with zero attached hydrogens (tertiary/aromatic N) is 3. The quantitative estimate of drug-likeness (QED) is 0.485. The van der Waals surface area contributed by atoms with Crippen molar-refractivity contribution in [2.75, 3.05) is 5.43 Å². The minimum absolute atomic E-state index is 0.0867. The Morgan fingerprint density at radius 1 is 1.35 bits per heavy atom. The van der Waals surface area contributed by atoms with Crippen LogP contribution in [-0.2, 0) is 9.59 Å². The number of amides is 2. The lowest BCUT2D eigenvalue weighted by atomic mass is 10.2. The number of pyridine rings is 1. The minimum Gasteiger partial charge on any atom is -0.478 e. The van der Waals surface area contributed by atoms with Gasteiger partial charge in [-0.1, -0.05) is 0 Å². The Hall–Kier alpha value is -3.69. The summed E-state index contributed by atoms with van der Waals surface area (Å²) in [6, 6.07) is 4.74. The highest BCUT2D eigenvalue weighted by molar-refractivity contribution is 6.37. The van der Waals surface area contributed by atoms with Crippen molar-refractivity contribution in [2.24, 2.45) is 5.73 Å². The molecule has 116 valence electrons. The molecule has 0 aliphatic heterocycles. The van der Waals surface area contributed by atoms with E-state index in [1.54, 1.807) is 18.3 Å². The van der Waals surface area contributed by atoms with E-state index < -0.39 is 17.8 Å². The first-order valence-corrected chi connectivity index (χ1v) is 6.33. The van der Waals surface area contributed by atoms with Crippen LogP contribution < -0.4 is 11.2 Å². The summed E-state index contributed by atoms with van der Waals surface area (Å²) >= 11 is 0. The topological polar surface area (TPSA) is 156 Å². The number of carbonyl (C=O) groups excluding carboxylic acids is 2. The van der Waals surface area contributed by atoms with Crippen LogP contribution in [0.15, 0.2) is 30.6 Å². The maximum Gasteiger partial charge on any atom is 0.337 e. The molecule has 0 unspecified atom stereocenters. The zero-order chi connectivity index (χ0) is 16.6. The van der Waals surface area contributed by atoms with Crippen LogP contribution in [0.25, 0.3) is 22.4 Å². The highest BCUT2D eigenvalue weighted by atomic mass is 16.4. The highest BCUT2D eigenvalue weighted by Crippen LogP contribution is 2.26. The van der Waals surface area contributed by atoms with Crippen molar-refractivity contribution in [1.82, 2.24) is 19.9 Å². The van der Waals surface area contributed by atoms with Gasteiger partial charge in [-0.05, 0) is 18.2 Å². The molecule has 10 nitrogen and oxygen atoms in total. The maximum atomic E-state index is 11.5. The smallest absolute Gasteiger partial charge is 0.337 e. The number of aromatic amines is 1. The van der Waals surface area contributed by atoms with Gasteiger partial charge in [-0.25, -0.2) is 9.78 Å². The summed E-state index contributed by atoms with van der Waals surface area (Å²) in [5.41, 5.74) is 8.17. The molecule has 0 radical (unpaired) electrons. The van der Waals surface area contributed by atoms with E-state index in [0.717, 1.165) is 10.9 Å². The minimum atomic E-state index is -1.20. The van der Waals surface area contributed by atoms with Crippen molar-refractivity contribution < 1.29 is 19.5 Å². The first-order chi connectivity index (χ1) is 11.0. The maximum absolute atomic E-state index is 11.5. The zero-order valence-corrected chi connectivity index (χ0v) is 11.5. The Kier molecular flexibility index (Phi) is 3.26. The van der Waals surface area contributed by atoms with Gasteiger partial charge in [0.2, 0.25) is 0 Å². The third-order valence-electron chi connectivity index (χ3n) is 3.10. The molecule has 0 bridgehead atoms. The molecule has 0 aliphatic carbocycles. The van der Waals surface area contributed by atoms with Crippen molar-refractivity contribution in [3.63, 3.8) is 0 Å². The Morgan fingerprint density at radius 3 is 2.83 bits per heavy atom. The van der Waals surface area contributed by atoms with Crippen molar-refractivity contribution >= 4 is 28.8 Å². The van der Waals surface area contributed by atoms with E-state index in [0.29, 0.717) is 16.7 Å². The van der Waals surface area contributed by atoms with Crippen LogP contribution >= 0.6 is 0 Å². The van der Waals surface area contributed by atoms with E-state index in [1.807, 2.05) is 0 Å². The molecule has 5 N–H and O–H groups in total. The van der Waals surface area contributed by atoms with E-state index in [9.17, 15) is 14.4 Å².